The number of aryl methyl sites for hydroxylation is 2. The van der Waals surface area contributed by atoms with E-state index in [9.17, 15) is 4.79 Å². The molecule has 0 aromatic carbocycles. The number of carboxylic acids is 1. The molecule has 1 aromatic heterocycles. The van der Waals surface area contributed by atoms with Gasteiger partial charge in [-0.2, -0.15) is 0 Å². The first-order valence-corrected chi connectivity index (χ1v) is 6.37. The van der Waals surface area contributed by atoms with Gasteiger partial charge in [-0.25, -0.2) is 14.8 Å². The molecule has 0 saturated heterocycles. The van der Waals surface area contributed by atoms with Gasteiger partial charge in [-0.3, -0.25) is 0 Å². The number of allylic oxidation sites excluding steroid dienone is 1. The number of hydrogen-bond donors (Lipinski definition) is 1. The second kappa shape index (κ2) is 6.39. The third-order valence-corrected chi connectivity index (χ3v) is 3.24. The van der Waals surface area contributed by atoms with Crippen molar-refractivity contribution in [1.82, 2.24) is 9.97 Å². The van der Waals surface area contributed by atoms with E-state index in [4.69, 9.17) is 5.11 Å². The van der Waals surface area contributed by atoms with Crippen LogP contribution in [0, 0.1) is 13.8 Å². The van der Waals surface area contributed by atoms with Crippen LogP contribution in [0.4, 0.5) is 0 Å². The van der Waals surface area contributed by atoms with Crippen molar-refractivity contribution in [3.8, 4) is 0 Å². The molecule has 0 radical (unpaired) electrons. The van der Waals surface area contributed by atoms with Gasteiger partial charge < -0.3 is 5.11 Å². The van der Waals surface area contributed by atoms with E-state index in [0.29, 0.717) is 16.5 Å². The van der Waals surface area contributed by atoms with E-state index in [2.05, 4.69) is 16.5 Å². The average molecular weight is 252 g/mol. The summed E-state index contributed by atoms with van der Waals surface area (Å²) >= 11 is 1.46. The van der Waals surface area contributed by atoms with Crippen LogP contribution in [0.1, 0.15) is 34.7 Å². The van der Waals surface area contributed by atoms with Crippen molar-refractivity contribution in [2.75, 3.05) is 5.75 Å². The molecule has 0 unspecified atom stereocenters. The molecule has 1 N–H and O–H groups in total. The topological polar surface area (TPSA) is 63.1 Å². The number of carboxylic acid groups (broad SMARTS) is 1. The predicted molar refractivity (Wildman–Crippen MR) is 68.6 cm³/mol. The molecule has 0 spiro atoms. The maximum Gasteiger partial charge on any atom is 0.340 e. The van der Waals surface area contributed by atoms with Crippen LogP contribution in [0.2, 0.25) is 0 Å². The number of rotatable bonds is 6. The van der Waals surface area contributed by atoms with Crippen molar-refractivity contribution in [1.29, 1.82) is 0 Å². The Morgan fingerprint density at radius 3 is 2.76 bits per heavy atom. The van der Waals surface area contributed by atoms with Gasteiger partial charge in [0, 0.05) is 0 Å². The summed E-state index contributed by atoms with van der Waals surface area (Å²) in [5.74, 6) is 0.481. The molecule has 1 rings (SSSR count). The minimum atomic E-state index is -0.964. The Bertz CT molecular complexity index is 433. The van der Waals surface area contributed by atoms with Crippen molar-refractivity contribution in [3.05, 3.63) is 29.7 Å². The Labute approximate surface area is 105 Å². The van der Waals surface area contributed by atoms with Gasteiger partial charge in [0.05, 0.1) is 5.69 Å². The van der Waals surface area contributed by atoms with Crippen LogP contribution in [-0.4, -0.2) is 26.8 Å². The highest BCUT2D eigenvalue weighted by Gasteiger charge is 2.16. The van der Waals surface area contributed by atoms with Crippen molar-refractivity contribution in [2.24, 2.45) is 0 Å². The lowest BCUT2D eigenvalue weighted by Gasteiger charge is -2.07. The summed E-state index contributed by atoms with van der Waals surface area (Å²) in [7, 11) is 0. The number of aromatic carboxylic acids is 1. The number of carbonyl (C=O) groups is 1. The molecular formula is C12H16N2O2S. The highest BCUT2D eigenvalue weighted by Crippen LogP contribution is 2.23. The van der Waals surface area contributed by atoms with Crippen LogP contribution >= 0.6 is 11.8 Å². The van der Waals surface area contributed by atoms with E-state index in [1.807, 2.05) is 6.08 Å². The molecule has 0 bridgehead atoms. The Morgan fingerprint density at radius 2 is 2.18 bits per heavy atom. The highest BCUT2D eigenvalue weighted by atomic mass is 32.2. The molecule has 5 heteroatoms. The number of hydrogen-bond acceptors (Lipinski definition) is 4. The fourth-order valence-electron chi connectivity index (χ4n) is 1.43. The molecule has 1 aromatic rings. The molecule has 0 saturated carbocycles. The minimum Gasteiger partial charge on any atom is -0.478 e. The SMILES string of the molecule is C=CCCCSc1nc(C)nc(C)c1C(=O)O. The number of aromatic nitrogens is 2. The summed E-state index contributed by atoms with van der Waals surface area (Å²) in [6, 6.07) is 0. The summed E-state index contributed by atoms with van der Waals surface area (Å²) in [6.45, 7) is 7.12. The van der Waals surface area contributed by atoms with Crippen LogP contribution in [0.3, 0.4) is 0 Å². The molecule has 0 aliphatic carbocycles. The van der Waals surface area contributed by atoms with Crippen LogP contribution in [0.5, 0.6) is 0 Å². The molecule has 0 aliphatic heterocycles. The number of unbranched alkanes of at least 4 members (excludes halogenated alkanes) is 1. The normalized spacial score (nSPS) is 10.2. The maximum atomic E-state index is 11.1. The molecule has 17 heavy (non-hydrogen) atoms. The summed E-state index contributed by atoms with van der Waals surface area (Å²) in [6.07, 6.45) is 3.75. The zero-order valence-corrected chi connectivity index (χ0v) is 10.9. The van der Waals surface area contributed by atoms with Gasteiger partial charge >= 0.3 is 5.97 Å². The van der Waals surface area contributed by atoms with Gasteiger partial charge in [-0.05, 0) is 32.4 Å². The van der Waals surface area contributed by atoms with E-state index in [1.54, 1.807) is 13.8 Å². The first-order valence-electron chi connectivity index (χ1n) is 5.38. The monoisotopic (exact) mass is 252 g/mol. The molecule has 0 atom stereocenters. The Balaban J connectivity index is 2.88. The zero-order chi connectivity index (χ0) is 12.8. The largest absolute Gasteiger partial charge is 0.478 e. The molecule has 92 valence electrons. The van der Waals surface area contributed by atoms with E-state index in [0.717, 1.165) is 18.6 Å². The second-order valence-corrected chi connectivity index (χ2v) is 4.70. The Hall–Kier alpha value is -1.36. The number of thioether (sulfide) groups is 1. The van der Waals surface area contributed by atoms with Crippen LogP contribution in [-0.2, 0) is 0 Å². The van der Waals surface area contributed by atoms with Gasteiger partial charge in [0.2, 0.25) is 0 Å². The van der Waals surface area contributed by atoms with Gasteiger partial charge in [-0.15, -0.1) is 18.3 Å². The average Bonchev–Trinajstić information content (AvgIpc) is 2.22. The predicted octanol–water partition coefficient (Wildman–Crippen LogP) is 2.85. The smallest absolute Gasteiger partial charge is 0.340 e. The molecule has 4 nitrogen and oxygen atoms in total. The van der Waals surface area contributed by atoms with Crippen molar-refractivity contribution in [3.63, 3.8) is 0 Å². The third kappa shape index (κ3) is 3.85. The third-order valence-electron chi connectivity index (χ3n) is 2.17. The summed E-state index contributed by atoms with van der Waals surface area (Å²) in [5.41, 5.74) is 0.746. The minimum absolute atomic E-state index is 0.221. The van der Waals surface area contributed by atoms with Crippen molar-refractivity contribution in [2.45, 2.75) is 31.7 Å². The lowest BCUT2D eigenvalue weighted by molar-refractivity contribution is 0.0690. The summed E-state index contributed by atoms with van der Waals surface area (Å²) in [4.78, 5) is 19.4. The Morgan fingerprint density at radius 1 is 1.47 bits per heavy atom. The van der Waals surface area contributed by atoms with Crippen molar-refractivity contribution >= 4 is 17.7 Å². The summed E-state index contributed by atoms with van der Waals surface area (Å²) in [5, 5.41) is 9.69. The van der Waals surface area contributed by atoms with Crippen molar-refractivity contribution < 1.29 is 9.90 Å². The maximum absolute atomic E-state index is 11.1. The van der Waals surface area contributed by atoms with Gasteiger partial charge in [0.25, 0.3) is 0 Å². The van der Waals surface area contributed by atoms with E-state index in [-0.39, 0.29) is 5.56 Å². The zero-order valence-electron chi connectivity index (χ0n) is 10.1. The fourth-order valence-corrected chi connectivity index (χ4v) is 2.51. The lowest BCUT2D eigenvalue weighted by atomic mass is 10.2. The van der Waals surface area contributed by atoms with Crippen LogP contribution in [0.25, 0.3) is 0 Å². The number of nitrogens with zero attached hydrogens (tertiary/aromatic N) is 2. The lowest BCUT2D eigenvalue weighted by Crippen LogP contribution is -2.08. The molecule has 0 amide bonds. The van der Waals surface area contributed by atoms with E-state index < -0.39 is 5.97 Å². The Kier molecular flexibility index (Phi) is 5.15. The van der Waals surface area contributed by atoms with Gasteiger partial charge in [0.1, 0.15) is 16.4 Å². The summed E-state index contributed by atoms with van der Waals surface area (Å²) < 4.78 is 0. The highest BCUT2D eigenvalue weighted by molar-refractivity contribution is 7.99. The van der Waals surface area contributed by atoms with E-state index >= 15 is 0 Å². The van der Waals surface area contributed by atoms with Crippen LogP contribution in [0.15, 0.2) is 17.7 Å². The first-order chi connectivity index (χ1) is 8.06. The first kappa shape index (κ1) is 13.7. The quantitative estimate of drug-likeness (QED) is 0.365. The van der Waals surface area contributed by atoms with E-state index in [1.165, 1.54) is 11.8 Å². The molecule has 0 aliphatic rings. The molecule has 1 heterocycles. The standard InChI is InChI=1S/C12H16N2O2S/c1-4-5-6-7-17-11-10(12(15)16)8(2)13-9(3)14-11/h4H,1,5-7H2,2-3H3,(H,15,16). The fraction of sp³-hybridized carbons (Fsp3) is 0.417. The molecule has 0 fully saturated rings. The van der Waals surface area contributed by atoms with Gasteiger partial charge in [0.15, 0.2) is 0 Å². The second-order valence-electron chi connectivity index (χ2n) is 3.62. The molecular weight excluding hydrogens is 236 g/mol. The van der Waals surface area contributed by atoms with Gasteiger partial charge in [-0.1, -0.05) is 6.08 Å². The van der Waals surface area contributed by atoms with Crippen LogP contribution < -0.4 is 0 Å².